The van der Waals surface area contributed by atoms with Gasteiger partial charge >= 0.3 is 0 Å². The van der Waals surface area contributed by atoms with Crippen molar-refractivity contribution in [3.05, 3.63) is 30.0 Å². The number of para-hydroxylation sites is 2. The van der Waals surface area contributed by atoms with E-state index < -0.39 is 0 Å². The van der Waals surface area contributed by atoms with Crippen molar-refractivity contribution in [1.29, 1.82) is 0 Å². The van der Waals surface area contributed by atoms with E-state index in [1.54, 1.807) is 0 Å². The molecule has 0 atom stereocenters. The third kappa shape index (κ3) is 2.43. The van der Waals surface area contributed by atoms with E-state index >= 15 is 0 Å². The van der Waals surface area contributed by atoms with Crippen molar-refractivity contribution < 1.29 is 5.11 Å². The molecule has 4 nitrogen and oxygen atoms in total. The number of aliphatic hydroxyl groups excluding tert-OH is 1. The number of benzene rings is 1. The molecular formula is C14H19N3O. The molecule has 0 saturated heterocycles. The van der Waals surface area contributed by atoms with Crippen LogP contribution in [0.5, 0.6) is 0 Å². The topological polar surface area (TPSA) is 49.2 Å². The number of fused-ring (bicyclic) bond motifs is 1. The van der Waals surface area contributed by atoms with Gasteiger partial charge in [0.15, 0.2) is 5.82 Å². The van der Waals surface area contributed by atoms with Crippen LogP contribution in [0.4, 0.5) is 5.82 Å². The molecule has 0 aliphatic heterocycles. The number of rotatable bonds is 4. The standard InChI is InChI=1S/C14H19N3O/c1-10(2)17(8-9-18)14-11(3)15-12-6-4-5-7-13(12)16-14/h4-7,10,18H,8-9H2,1-3H3. The molecular weight excluding hydrogens is 226 g/mol. The molecule has 1 aromatic carbocycles. The van der Waals surface area contributed by atoms with Crippen molar-refractivity contribution in [2.75, 3.05) is 18.1 Å². The normalized spacial score (nSPS) is 11.2. The molecule has 0 radical (unpaired) electrons. The van der Waals surface area contributed by atoms with Crippen LogP contribution in [-0.2, 0) is 0 Å². The van der Waals surface area contributed by atoms with E-state index in [4.69, 9.17) is 5.11 Å². The molecule has 0 unspecified atom stereocenters. The highest BCUT2D eigenvalue weighted by Crippen LogP contribution is 2.21. The molecule has 96 valence electrons. The predicted molar refractivity (Wildman–Crippen MR) is 73.8 cm³/mol. The number of anilines is 1. The maximum Gasteiger partial charge on any atom is 0.151 e. The van der Waals surface area contributed by atoms with Crippen LogP contribution >= 0.6 is 0 Å². The summed E-state index contributed by atoms with van der Waals surface area (Å²) in [5.74, 6) is 0.859. The lowest BCUT2D eigenvalue weighted by Crippen LogP contribution is -2.34. The van der Waals surface area contributed by atoms with Gasteiger partial charge < -0.3 is 10.0 Å². The summed E-state index contributed by atoms with van der Waals surface area (Å²) in [5.41, 5.74) is 2.70. The largest absolute Gasteiger partial charge is 0.395 e. The zero-order valence-electron chi connectivity index (χ0n) is 11.1. The van der Waals surface area contributed by atoms with Crippen LogP contribution in [0.25, 0.3) is 11.0 Å². The Morgan fingerprint density at radius 2 is 1.78 bits per heavy atom. The molecule has 0 bridgehead atoms. The van der Waals surface area contributed by atoms with Gasteiger partial charge in [-0.15, -0.1) is 0 Å². The fourth-order valence-electron chi connectivity index (χ4n) is 2.07. The average Bonchev–Trinajstić information content (AvgIpc) is 2.35. The lowest BCUT2D eigenvalue weighted by atomic mass is 10.2. The van der Waals surface area contributed by atoms with E-state index in [-0.39, 0.29) is 12.6 Å². The Labute approximate surface area is 107 Å². The second-order valence-electron chi connectivity index (χ2n) is 4.63. The maximum atomic E-state index is 9.16. The van der Waals surface area contributed by atoms with Crippen molar-refractivity contribution >= 4 is 16.9 Å². The number of nitrogens with zero attached hydrogens (tertiary/aromatic N) is 3. The lowest BCUT2D eigenvalue weighted by molar-refractivity contribution is 0.298. The van der Waals surface area contributed by atoms with Crippen molar-refractivity contribution in [3.63, 3.8) is 0 Å². The molecule has 18 heavy (non-hydrogen) atoms. The van der Waals surface area contributed by atoms with Crippen LogP contribution in [-0.4, -0.2) is 34.3 Å². The molecule has 1 N–H and O–H groups in total. The first-order valence-electron chi connectivity index (χ1n) is 6.24. The molecule has 0 aliphatic rings. The third-order valence-electron chi connectivity index (χ3n) is 2.96. The van der Waals surface area contributed by atoms with Crippen LogP contribution in [0.1, 0.15) is 19.5 Å². The summed E-state index contributed by atoms with van der Waals surface area (Å²) < 4.78 is 0. The van der Waals surface area contributed by atoms with Crippen LogP contribution in [0.2, 0.25) is 0 Å². The molecule has 0 saturated carbocycles. The minimum absolute atomic E-state index is 0.117. The second-order valence-corrected chi connectivity index (χ2v) is 4.63. The van der Waals surface area contributed by atoms with E-state index in [9.17, 15) is 0 Å². The van der Waals surface area contributed by atoms with Crippen LogP contribution < -0.4 is 4.90 Å². The van der Waals surface area contributed by atoms with Gasteiger partial charge in [0.05, 0.1) is 23.3 Å². The predicted octanol–water partition coefficient (Wildman–Crippen LogP) is 2.15. The maximum absolute atomic E-state index is 9.16. The van der Waals surface area contributed by atoms with Crippen LogP contribution in [0.15, 0.2) is 24.3 Å². The molecule has 0 spiro atoms. The van der Waals surface area contributed by atoms with Gasteiger partial charge in [-0.3, -0.25) is 0 Å². The highest BCUT2D eigenvalue weighted by Gasteiger charge is 2.15. The zero-order valence-corrected chi connectivity index (χ0v) is 11.1. The van der Waals surface area contributed by atoms with E-state index in [0.29, 0.717) is 6.54 Å². The van der Waals surface area contributed by atoms with Crippen molar-refractivity contribution in [3.8, 4) is 0 Å². The number of aromatic nitrogens is 2. The molecule has 0 amide bonds. The number of aliphatic hydroxyl groups is 1. The van der Waals surface area contributed by atoms with Crippen LogP contribution in [0, 0.1) is 6.92 Å². The van der Waals surface area contributed by atoms with Crippen molar-refractivity contribution in [1.82, 2.24) is 9.97 Å². The first kappa shape index (κ1) is 12.8. The number of hydrogen-bond donors (Lipinski definition) is 1. The first-order chi connectivity index (χ1) is 8.63. The molecule has 0 aliphatic carbocycles. The molecule has 1 aromatic heterocycles. The Morgan fingerprint density at radius 3 is 2.33 bits per heavy atom. The fourth-order valence-corrected chi connectivity index (χ4v) is 2.07. The molecule has 0 fully saturated rings. The highest BCUT2D eigenvalue weighted by molar-refractivity contribution is 5.76. The molecule has 2 rings (SSSR count). The Hall–Kier alpha value is -1.68. The third-order valence-corrected chi connectivity index (χ3v) is 2.96. The average molecular weight is 245 g/mol. The summed E-state index contributed by atoms with van der Waals surface area (Å²) in [7, 11) is 0. The van der Waals surface area contributed by atoms with Crippen molar-refractivity contribution in [2.24, 2.45) is 0 Å². The summed E-state index contributed by atoms with van der Waals surface area (Å²) in [6, 6.07) is 8.13. The Bertz CT molecular complexity index is 540. The van der Waals surface area contributed by atoms with E-state index in [1.807, 2.05) is 31.2 Å². The van der Waals surface area contributed by atoms with Gasteiger partial charge in [-0.1, -0.05) is 12.1 Å². The quantitative estimate of drug-likeness (QED) is 0.896. The summed E-state index contributed by atoms with van der Waals surface area (Å²) in [6.07, 6.45) is 0. The number of aryl methyl sites for hydroxylation is 1. The summed E-state index contributed by atoms with van der Waals surface area (Å²) >= 11 is 0. The summed E-state index contributed by atoms with van der Waals surface area (Å²) in [4.78, 5) is 11.3. The van der Waals surface area contributed by atoms with Gasteiger partial charge in [0.2, 0.25) is 0 Å². The fraction of sp³-hybridized carbons (Fsp3) is 0.429. The highest BCUT2D eigenvalue weighted by atomic mass is 16.3. The summed E-state index contributed by atoms with van der Waals surface area (Å²) in [6.45, 7) is 6.83. The Balaban J connectivity index is 2.51. The molecule has 1 heterocycles. The van der Waals surface area contributed by atoms with Gasteiger partial charge in [-0.25, -0.2) is 9.97 Å². The van der Waals surface area contributed by atoms with E-state index in [0.717, 1.165) is 22.5 Å². The van der Waals surface area contributed by atoms with Crippen LogP contribution in [0.3, 0.4) is 0 Å². The van der Waals surface area contributed by atoms with E-state index in [2.05, 4.69) is 28.7 Å². The molecule has 4 heteroatoms. The zero-order chi connectivity index (χ0) is 13.1. The Kier molecular flexibility index (Phi) is 3.77. The van der Waals surface area contributed by atoms with Gasteiger partial charge in [0.1, 0.15) is 0 Å². The minimum Gasteiger partial charge on any atom is -0.395 e. The SMILES string of the molecule is Cc1nc2ccccc2nc1N(CCO)C(C)C. The monoisotopic (exact) mass is 245 g/mol. The minimum atomic E-state index is 0.117. The number of hydrogen-bond acceptors (Lipinski definition) is 4. The van der Waals surface area contributed by atoms with Gasteiger partial charge in [-0.05, 0) is 32.9 Å². The van der Waals surface area contributed by atoms with Gasteiger partial charge in [0.25, 0.3) is 0 Å². The second kappa shape index (κ2) is 5.31. The molecule has 2 aromatic rings. The van der Waals surface area contributed by atoms with Gasteiger partial charge in [-0.2, -0.15) is 0 Å². The lowest BCUT2D eigenvalue weighted by Gasteiger charge is -2.28. The van der Waals surface area contributed by atoms with Gasteiger partial charge in [0, 0.05) is 12.6 Å². The van der Waals surface area contributed by atoms with Crippen molar-refractivity contribution in [2.45, 2.75) is 26.8 Å². The Morgan fingerprint density at radius 1 is 1.17 bits per heavy atom. The van der Waals surface area contributed by atoms with E-state index in [1.165, 1.54) is 0 Å². The smallest absolute Gasteiger partial charge is 0.151 e. The summed E-state index contributed by atoms with van der Waals surface area (Å²) in [5, 5.41) is 9.16. The first-order valence-corrected chi connectivity index (χ1v) is 6.24.